The molecule has 22 heavy (non-hydrogen) atoms. The summed E-state index contributed by atoms with van der Waals surface area (Å²) in [6.45, 7) is 8.35. The number of nitrogens with two attached hydrogens (primary N) is 1. The van der Waals surface area contributed by atoms with Crippen molar-refractivity contribution in [1.29, 1.82) is 0 Å². The molecular weight excluding hydrogens is 280 g/mol. The Bertz CT molecular complexity index is 502. The minimum Gasteiger partial charge on any atom is -0.366 e. The Balaban J connectivity index is 3.36. The van der Waals surface area contributed by atoms with Gasteiger partial charge in [0.1, 0.15) is 0 Å². The van der Waals surface area contributed by atoms with Crippen molar-refractivity contribution in [3.05, 3.63) is 38.9 Å². The number of hydrogen-bond donors (Lipinski definition) is 1. The monoisotopic (exact) mass is 306 g/mol. The van der Waals surface area contributed by atoms with Gasteiger partial charge in [-0.05, 0) is 49.1 Å². The number of benzene rings is 1. The molecular formula is C17H26N2O3. The molecule has 0 spiro atoms. The van der Waals surface area contributed by atoms with Gasteiger partial charge in [0.15, 0.2) is 0 Å². The van der Waals surface area contributed by atoms with Gasteiger partial charge in [-0.3, -0.25) is 14.9 Å². The second-order valence-electron chi connectivity index (χ2n) is 6.58. The lowest BCUT2D eigenvalue weighted by molar-refractivity contribution is -0.385. The zero-order valence-electron chi connectivity index (χ0n) is 13.9. The van der Waals surface area contributed by atoms with Crippen LogP contribution in [0.2, 0.25) is 0 Å². The first-order chi connectivity index (χ1) is 10.2. The lowest BCUT2D eigenvalue weighted by Crippen LogP contribution is -2.17. The van der Waals surface area contributed by atoms with Crippen LogP contribution in [0.3, 0.4) is 0 Å². The van der Waals surface area contributed by atoms with Gasteiger partial charge in [-0.1, -0.05) is 27.7 Å². The molecule has 0 aromatic heterocycles. The zero-order chi connectivity index (χ0) is 16.9. The molecule has 0 aliphatic heterocycles. The fourth-order valence-electron chi connectivity index (χ4n) is 2.51. The summed E-state index contributed by atoms with van der Waals surface area (Å²) >= 11 is 0. The van der Waals surface area contributed by atoms with Gasteiger partial charge in [-0.25, -0.2) is 0 Å². The van der Waals surface area contributed by atoms with Crippen molar-refractivity contribution >= 4 is 11.6 Å². The molecule has 1 rings (SSSR count). The second-order valence-corrected chi connectivity index (χ2v) is 6.58. The Morgan fingerprint density at radius 3 is 2.00 bits per heavy atom. The van der Waals surface area contributed by atoms with Crippen molar-refractivity contribution in [3.63, 3.8) is 0 Å². The average molecular weight is 306 g/mol. The van der Waals surface area contributed by atoms with E-state index in [1.165, 1.54) is 12.1 Å². The summed E-state index contributed by atoms with van der Waals surface area (Å²) in [6, 6.07) is 2.91. The van der Waals surface area contributed by atoms with Crippen LogP contribution in [0, 0.1) is 22.0 Å². The van der Waals surface area contributed by atoms with E-state index in [2.05, 4.69) is 27.7 Å². The highest BCUT2D eigenvalue weighted by molar-refractivity contribution is 5.95. The van der Waals surface area contributed by atoms with Gasteiger partial charge in [0.2, 0.25) is 5.91 Å². The molecule has 0 unspecified atom stereocenters. The van der Waals surface area contributed by atoms with Crippen LogP contribution >= 0.6 is 0 Å². The van der Waals surface area contributed by atoms with Crippen molar-refractivity contribution < 1.29 is 9.72 Å². The number of amides is 1. The third-order valence-electron chi connectivity index (χ3n) is 3.81. The Labute approximate surface area is 132 Å². The largest absolute Gasteiger partial charge is 0.366 e. The standard InChI is InChI=1S/C17H26N2O3/c1-11(2)5-7-13-14(8-6-12(3)4)16(19(21)22)10-9-15(13)17(18)20/h9-12H,5-8H2,1-4H3,(H2,18,20). The van der Waals surface area contributed by atoms with E-state index < -0.39 is 5.91 Å². The van der Waals surface area contributed by atoms with Crippen molar-refractivity contribution in [2.75, 3.05) is 0 Å². The number of hydrogen-bond acceptors (Lipinski definition) is 3. The molecule has 0 saturated heterocycles. The minimum absolute atomic E-state index is 0.101. The van der Waals surface area contributed by atoms with E-state index in [0.717, 1.165) is 18.4 Å². The first-order valence-corrected chi connectivity index (χ1v) is 7.83. The van der Waals surface area contributed by atoms with E-state index in [-0.39, 0.29) is 10.6 Å². The van der Waals surface area contributed by atoms with Gasteiger partial charge < -0.3 is 5.73 Å². The first-order valence-electron chi connectivity index (χ1n) is 7.83. The lowest BCUT2D eigenvalue weighted by Gasteiger charge is -2.15. The summed E-state index contributed by atoms with van der Waals surface area (Å²) in [7, 11) is 0. The molecule has 0 radical (unpaired) electrons. The molecule has 2 N–H and O–H groups in total. The van der Waals surface area contributed by atoms with E-state index in [1.807, 2.05) is 0 Å². The van der Waals surface area contributed by atoms with Crippen molar-refractivity contribution in [2.45, 2.75) is 53.4 Å². The van der Waals surface area contributed by atoms with Gasteiger partial charge in [0.05, 0.1) is 4.92 Å². The average Bonchev–Trinajstić information content (AvgIpc) is 2.41. The van der Waals surface area contributed by atoms with Crippen molar-refractivity contribution in [3.8, 4) is 0 Å². The maximum Gasteiger partial charge on any atom is 0.272 e. The van der Waals surface area contributed by atoms with E-state index in [4.69, 9.17) is 5.73 Å². The molecule has 0 heterocycles. The molecule has 0 atom stereocenters. The predicted molar refractivity (Wildman–Crippen MR) is 87.9 cm³/mol. The topological polar surface area (TPSA) is 86.2 Å². The van der Waals surface area contributed by atoms with Crippen molar-refractivity contribution in [2.24, 2.45) is 17.6 Å². The zero-order valence-corrected chi connectivity index (χ0v) is 13.9. The maximum absolute atomic E-state index is 11.7. The third kappa shape index (κ3) is 4.83. The van der Waals surface area contributed by atoms with Gasteiger partial charge in [-0.15, -0.1) is 0 Å². The Morgan fingerprint density at radius 2 is 1.59 bits per heavy atom. The summed E-state index contributed by atoms with van der Waals surface area (Å²) in [5.74, 6) is 0.382. The molecule has 0 bridgehead atoms. The molecule has 0 fully saturated rings. The molecule has 0 aliphatic rings. The number of nitro benzene ring substituents is 1. The SMILES string of the molecule is CC(C)CCc1c(C(N)=O)ccc([N+](=O)[O-])c1CCC(C)C. The highest BCUT2D eigenvalue weighted by Crippen LogP contribution is 2.29. The highest BCUT2D eigenvalue weighted by Gasteiger charge is 2.22. The smallest absolute Gasteiger partial charge is 0.272 e. The molecule has 1 aromatic rings. The summed E-state index contributed by atoms with van der Waals surface area (Å²) in [5, 5.41) is 11.3. The van der Waals surface area contributed by atoms with Crippen LogP contribution in [0.15, 0.2) is 12.1 Å². The van der Waals surface area contributed by atoms with Gasteiger partial charge in [-0.2, -0.15) is 0 Å². The fraction of sp³-hybridized carbons (Fsp3) is 0.588. The highest BCUT2D eigenvalue weighted by atomic mass is 16.6. The molecule has 5 heteroatoms. The Morgan fingerprint density at radius 1 is 1.09 bits per heavy atom. The minimum atomic E-state index is -0.514. The van der Waals surface area contributed by atoms with E-state index in [9.17, 15) is 14.9 Å². The van der Waals surface area contributed by atoms with E-state index >= 15 is 0 Å². The number of carbonyl (C=O) groups excluding carboxylic acids is 1. The van der Waals surface area contributed by atoms with Crippen LogP contribution in [-0.2, 0) is 12.8 Å². The molecule has 0 saturated carbocycles. The second kappa shape index (κ2) is 7.92. The summed E-state index contributed by atoms with van der Waals surface area (Å²) in [6.07, 6.45) is 2.96. The normalized spacial score (nSPS) is 11.2. The van der Waals surface area contributed by atoms with Crippen LogP contribution in [0.25, 0.3) is 0 Å². The van der Waals surface area contributed by atoms with Gasteiger partial charge in [0, 0.05) is 17.2 Å². The number of nitrogens with zero attached hydrogens (tertiary/aromatic N) is 1. The van der Waals surface area contributed by atoms with Crippen LogP contribution in [0.1, 0.15) is 62.0 Å². The molecule has 0 aliphatic carbocycles. The lowest BCUT2D eigenvalue weighted by atomic mass is 9.89. The first kappa shape index (κ1) is 18.1. The van der Waals surface area contributed by atoms with Gasteiger partial charge >= 0.3 is 0 Å². The Kier molecular flexibility index (Phi) is 6.53. The number of primary amides is 1. The summed E-state index contributed by atoms with van der Waals surface area (Å²) < 4.78 is 0. The Hall–Kier alpha value is -1.91. The van der Waals surface area contributed by atoms with Crippen LogP contribution in [-0.4, -0.2) is 10.8 Å². The molecule has 1 amide bonds. The predicted octanol–water partition coefficient (Wildman–Crippen LogP) is 3.87. The molecule has 122 valence electrons. The van der Waals surface area contributed by atoms with Crippen LogP contribution in [0.5, 0.6) is 0 Å². The van der Waals surface area contributed by atoms with Gasteiger partial charge in [0.25, 0.3) is 5.69 Å². The number of rotatable bonds is 8. The maximum atomic E-state index is 11.7. The van der Waals surface area contributed by atoms with Crippen LogP contribution in [0.4, 0.5) is 5.69 Å². The quantitative estimate of drug-likeness (QED) is 0.584. The van der Waals surface area contributed by atoms with Crippen molar-refractivity contribution in [1.82, 2.24) is 0 Å². The van der Waals surface area contributed by atoms with E-state index in [1.54, 1.807) is 0 Å². The summed E-state index contributed by atoms with van der Waals surface area (Å²) in [5.41, 5.74) is 7.42. The third-order valence-corrected chi connectivity index (χ3v) is 3.81. The molecule has 5 nitrogen and oxygen atoms in total. The number of carbonyl (C=O) groups is 1. The van der Waals surface area contributed by atoms with Crippen LogP contribution < -0.4 is 5.73 Å². The fourth-order valence-corrected chi connectivity index (χ4v) is 2.51. The van der Waals surface area contributed by atoms with E-state index in [0.29, 0.717) is 35.8 Å². The summed E-state index contributed by atoms with van der Waals surface area (Å²) in [4.78, 5) is 22.7. The molecule has 1 aromatic carbocycles. The number of nitro groups is 1.